The van der Waals surface area contributed by atoms with Gasteiger partial charge in [-0.05, 0) is 55.6 Å². The number of aliphatic hydroxyl groups is 2. The van der Waals surface area contributed by atoms with Crippen LogP contribution in [-0.2, 0) is 14.3 Å². The molecule has 4 rings (SSSR count). The largest absolute Gasteiger partial charge is 0.461 e. The van der Waals surface area contributed by atoms with Crippen molar-refractivity contribution in [2.45, 2.75) is 65.1 Å². The molecule has 0 saturated heterocycles. The number of carbonyl (C=O) groups is 2. The Morgan fingerprint density at radius 2 is 2.11 bits per heavy atom. The molecule has 3 fully saturated rings. The molecule has 4 aliphatic rings. The molecule has 0 aromatic carbocycles. The van der Waals surface area contributed by atoms with E-state index < -0.39 is 6.10 Å². The summed E-state index contributed by atoms with van der Waals surface area (Å²) in [5.41, 5.74) is 0.629. The minimum absolute atomic E-state index is 0.0175. The number of hydrogen-bond acceptors (Lipinski definition) is 5. The lowest BCUT2D eigenvalue weighted by atomic mass is 9.47. The van der Waals surface area contributed by atoms with Gasteiger partial charge in [-0.1, -0.05) is 32.4 Å². The third-order valence-electron chi connectivity index (χ3n) is 8.30. The first-order valence-electron chi connectivity index (χ1n) is 10.6. The molecule has 8 atom stereocenters. The molecule has 0 radical (unpaired) electrons. The van der Waals surface area contributed by atoms with Gasteiger partial charge in [-0.2, -0.15) is 0 Å². The van der Waals surface area contributed by atoms with E-state index >= 15 is 0 Å². The lowest BCUT2D eigenvalue weighted by Crippen LogP contribution is -2.57. The number of ketones is 1. The molecule has 0 aromatic heterocycles. The summed E-state index contributed by atoms with van der Waals surface area (Å²) in [4.78, 5) is 24.0. The van der Waals surface area contributed by atoms with Crippen LogP contribution in [0.4, 0.5) is 0 Å². The maximum absolute atomic E-state index is 12.1. The van der Waals surface area contributed by atoms with Crippen LogP contribution in [0.3, 0.4) is 0 Å². The zero-order valence-corrected chi connectivity index (χ0v) is 17.1. The van der Waals surface area contributed by atoms with Gasteiger partial charge in [0.25, 0.3) is 0 Å². The summed E-state index contributed by atoms with van der Waals surface area (Å²) >= 11 is 0. The first kappa shape index (κ1) is 19.8. The summed E-state index contributed by atoms with van der Waals surface area (Å²) in [7, 11) is 0. The van der Waals surface area contributed by atoms with Gasteiger partial charge < -0.3 is 14.9 Å². The summed E-state index contributed by atoms with van der Waals surface area (Å²) in [5.74, 6) is 0.745. The third kappa shape index (κ3) is 2.81. The zero-order chi connectivity index (χ0) is 20.3. The molecule has 0 amide bonds. The Hall–Kier alpha value is -1.46. The predicted octanol–water partition coefficient (Wildman–Crippen LogP) is 2.81. The van der Waals surface area contributed by atoms with Crippen LogP contribution < -0.4 is 0 Å². The van der Waals surface area contributed by atoms with Gasteiger partial charge in [0.1, 0.15) is 6.10 Å². The average molecular weight is 389 g/mol. The summed E-state index contributed by atoms with van der Waals surface area (Å²) in [6.07, 6.45) is 8.18. The normalized spacial score (nSPS) is 47.0. The zero-order valence-electron chi connectivity index (χ0n) is 17.1. The predicted molar refractivity (Wildman–Crippen MR) is 104 cm³/mol. The molecule has 5 heteroatoms. The third-order valence-corrected chi connectivity index (χ3v) is 8.30. The number of esters is 1. The van der Waals surface area contributed by atoms with Gasteiger partial charge >= 0.3 is 5.97 Å². The smallest absolute Gasteiger partial charge is 0.308 e. The topological polar surface area (TPSA) is 83.8 Å². The van der Waals surface area contributed by atoms with Crippen molar-refractivity contribution in [2.75, 3.05) is 6.61 Å². The van der Waals surface area contributed by atoms with Crippen LogP contribution in [0.5, 0.6) is 0 Å². The second-order valence-electron chi connectivity index (χ2n) is 9.90. The molecule has 154 valence electrons. The molecule has 5 nitrogen and oxygen atoms in total. The van der Waals surface area contributed by atoms with Crippen molar-refractivity contribution in [1.29, 1.82) is 0 Å². The number of ether oxygens (including phenoxy) is 1. The maximum Gasteiger partial charge on any atom is 0.308 e. The number of allylic oxidation sites excluding steroid dienone is 4. The van der Waals surface area contributed by atoms with E-state index in [2.05, 4.69) is 20.8 Å². The van der Waals surface area contributed by atoms with Crippen molar-refractivity contribution in [2.24, 2.45) is 34.5 Å². The van der Waals surface area contributed by atoms with Crippen molar-refractivity contribution >= 4 is 11.8 Å². The fraction of sp³-hybridized carbons (Fsp3) is 0.739. The summed E-state index contributed by atoms with van der Waals surface area (Å²) in [6.45, 7) is 6.27. The van der Waals surface area contributed by atoms with Crippen molar-refractivity contribution in [1.82, 2.24) is 0 Å². The number of rotatable bonds is 3. The van der Waals surface area contributed by atoms with E-state index in [4.69, 9.17) is 9.84 Å². The minimum Gasteiger partial charge on any atom is -0.461 e. The molecular formula is C23H32O5. The van der Waals surface area contributed by atoms with E-state index in [1.54, 1.807) is 12.2 Å². The number of carbonyl (C=O) groups excluding carboxylic acids is 2. The SMILES string of the molecule is CC1CC2C3CCC4=CC(=O)C=CC4(C)C3C(O)CC2(C)C1OC(=O)CCO. The van der Waals surface area contributed by atoms with E-state index in [9.17, 15) is 14.7 Å². The highest BCUT2D eigenvalue weighted by molar-refractivity contribution is 6.01. The van der Waals surface area contributed by atoms with E-state index in [0.717, 1.165) is 24.8 Å². The summed E-state index contributed by atoms with van der Waals surface area (Å²) < 4.78 is 5.83. The number of fused-ring (bicyclic) bond motifs is 5. The molecule has 28 heavy (non-hydrogen) atoms. The van der Waals surface area contributed by atoms with Crippen molar-refractivity contribution in [3.05, 3.63) is 23.8 Å². The first-order chi connectivity index (χ1) is 13.2. The minimum atomic E-state index is -0.498. The Labute approximate surface area is 166 Å². The van der Waals surface area contributed by atoms with E-state index in [-0.39, 0.29) is 53.6 Å². The number of hydrogen-bond donors (Lipinski definition) is 2. The molecule has 0 aromatic rings. The Bertz CT molecular complexity index is 739. The molecule has 2 N–H and O–H groups in total. The van der Waals surface area contributed by atoms with Crippen LogP contribution in [0.15, 0.2) is 23.8 Å². The van der Waals surface area contributed by atoms with Crippen LogP contribution in [0.1, 0.15) is 52.9 Å². The Morgan fingerprint density at radius 1 is 1.36 bits per heavy atom. The molecule has 0 heterocycles. The van der Waals surface area contributed by atoms with Gasteiger partial charge in [-0.15, -0.1) is 0 Å². The van der Waals surface area contributed by atoms with Crippen molar-refractivity contribution < 1.29 is 24.5 Å². The molecule has 0 aliphatic heterocycles. The van der Waals surface area contributed by atoms with Crippen molar-refractivity contribution in [3.63, 3.8) is 0 Å². The van der Waals surface area contributed by atoms with Crippen LogP contribution in [0.2, 0.25) is 0 Å². The summed E-state index contributed by atoms with van der Waals surface area (Å²) in [6, 6.07) is 0. The molecule has 8 unspecified atom stereocenters. The molecule has 0 spiro atoms. The van der Waals surface area contributed by atoms with Gasteiger partial charge in [0, 0.05) is 16.7 Å². The number of aliphatic hydroxyl groups excluding tert-OH is 2. The average Bonchev–Trinajstić information content (AvgIpc) is 2.86. The van der Waals surface area contributed by atoms with Gasteiger partial charge in [-0.3, -0.25) is 9.59 Å². The Balaban J connectivity index is 1.65. The highest BCUT2D eigenvalue weighted by atomic mass is 16.5. The lowest BCUT2D eigenvalue weighted by Gasteiger charge is -2.58. The van der Waals surface area contributed by atoms with Gasteiger partial charge in [0.2, 0.25) is 0 Å². The Morgan fingerprint density at radius 3 is 2.82 bits per heavy atom. The van der Waals surface area contributed by atoms with Gasteiger partial charge in [0.15, 0.2) is 5.78 Å². The van der Waals surface area contributed by atoms with Crippen LogP contribution in [-0.4, -0.2) is 40.8 Å². The van der Waals surface area contributed by atoms with E-state index in [0.29, 0.717) is 18.3 Å². The quantitative estimate of drug-likeness (QED) is 0.727. The summed E-state index contributed by atoms with van der Waals surface area (Å²) in [5, 5.41) is 20.4. The van der Waals surface area contributed by atoms with E-state index in [1.807, 2.05) is 6.08 Å². The molecule has 0 bridgehead atoms. The monoisotopic (exact) mass is 388 g/mol. The molecule has 4 aliphatic carbocycles. The van der Waals surface area contributed by atoms with Crippen LogP contribution in [0, 0.1) is 34.5 Å². The molecular weight excluding hydrogens is 356 g/mol. The van der Waals surface area contributed by atoms with Gasteiger partial charge in [0.05, 0.1) is 19.1 Å². The highest BCUT2D eigenvalue weighted by Crippen LogP contribution is 2.65. The second-order valence-corrected chi connectivity index (χ2v) is 9.90. The van der Waals surface area contributed by atoms with Gasteiger partial charge in [-0.25, -0.2) is 0 Å². The fourth-order valence-electron chi connectivity index (χ4n) is 7.19. The maximum atomic E-state index is 12.1. The molecule has 3 saturated carbocycles. The Kier molecular flexibility index (Phi) is 4.82. The van der Waals surface area contributed by atoms with Crippen LogP contribution in [0.25, 0.3) is 0 Å². The van der Waals surface area contributed by atoms with Crippen molar-refractivity contribution in [3.8, 4) is 0 Å². The second kappa shape index (κ2) is 6.81. The van der Waals surface area contributed by atoms with E-state index in [1.165, 1.54) is 0 Å². The standard InChI is InChI=1S/C23H32O5/c1-13-10-17-16-5-4-14-11-15(25)6-8-22(14,2)20(16)18(26)12-23(17,3)21(13)28-19(27)7-9-24/h6,8,11,13,16-18,20-21,24,26H,4-5,7,9-10,12H2,1-3H3. The van der Waals surface area contributed by atoms with Crippen LogP contribution >= 0.6 is 0 Å². The first-order valence-corrected chi connectivity index (χ1v) is 10.6. The lowest BCUT2D eigenvalue weighted by molar-refractivity contribution is -0.171. The highest BCUT2D eigenvalue weighted by Gasteiger charge is 2.64. The fourth-order valence-corrected chi connectivity index (χ4v) is 7.19.